The third-order valence-electron chi connectivity index (χ3n) is 4.96. The summed E-state index contributed by atoms with van der Waals surface area (Å²) >= 11 is 1.66. The Labute approximate surface area is 124 Å². The molecule has 2 aromatic rings. The molecule has 1 aliphatic carbocycles. The Morgan fingerprint density at radius 2 is 1.90 bits per heavy atom. The summed E-state index contributed by atoms with van der Waals surface area (Å²) in [6.07, 6.45) is 0. The van der Waals surface area contributed by atoms with Gasteiger partial charge in [-0.25, -0.2) is 4.98 Å². The third-order valence-corrected chi connectivity index (χ3v) is 5.77. The van der Waals surface area contributed by atoms with E-state index in [1.807, 2.05) is 0 Å². The van der Waals surface area contributed by atoms with Crippen LogP contribution in [0.5, 0.6) is 0 Å². The Balaban J connectivity index is 1.97. The average Bonchev–Trinajstić information content (AvgIpc) is 2.75. The molecule has 0 amide bonds. The van der Waals surface area contributed by atoms with Crippen LogP contribution in [0.2, 0.25) is 0 Å². The van der Waals surface area contributed by atoms with Crippen LogP contribution in [0.25, 0.3) is 10.2 Å². The largest absolute Gasteiger partial charge is 0.366 e. The van der Waals surface area contributed by atoms with Crippen LogP contribution in [0.15, 0.2) is 11.4 Å². The van der Waals surface area contributed by atoms with Gasteiger partial charge in [-0.05, 0) is 29.2 Å². The number of aromatic nitrogens is 2. The number of rotatable bonds is 4. The maximum Gasteiger partial charge on any atom is 0.226 e. The quantitative estimate of drug-likeness (QED) is 0.894. The van der Waals surface area contributed by atoms with Crippen molar-refractivity contribution in [2.24, 2.45) is 10.8 Å². The van der Waals surface area contributed by atoms with Crippen LogP contribution in [0.1, 0.15) is 34.6 Å². The fraction of sp³-hybridized carbons (Fsp3) is 0.600. The SMILES string of the molecule is CCNc1nc(NC2C(C)(C)C2(C)C)c2ccsc2n1. The predicted molar refractivity (Wildman–Crippen MR) is 86.6 cm³/mol. The highest BCUT2D eigenvalue weighted by Gasteiger charge is 2.65. The molecule has 0 unspecified atom stereocenters. The molecule has 1 saturated carbocycles. The first kappa shape index (κ1) is 13.6. The first-order valence-electron chi connectivity index (χ1n) is 7.13. The maximum atomic E-state index is 4.65. The first-order chi connectivity index (χ1) is 9.38. The zero-order valence-electron chi connectivity index (χ0n) is 12.7. The second-order valence-corrected chi connectivity index (χ2v) is 7.48. The number of thiophene rings is 1. The lowest BCUT2D eigenvalue weighted by molar-refractivity contribution is 0.457. The van der Waals surface area contributed by atoms with Gasteiger partial charge in [0.25, 0.3) is 0 Å². The zero-order valence-corrected chi connectivity index (χ0v) is 13.6. The summed E-state index contributed by atoms with van der Waals surface area (Å²) in [6.45, 7) is 12.1. The van der Waals surface area contributed by atoms with Crippen LogP contribution in [0, 0.1) is 10.8 Å². The average molecular weight is 290 g/mol. The van der Waals surface area contributed by atoms with Gasteiger partial charge in [-0.3, -0.25) is 0 Å². The van der Waals surface area contributed by atoms with E-state index in [0.29, 0.717) is 22.8 Å². The molecule has 108 valence electrons. The van der Waals surface area contributed by atoms with Gasteiger partial charge >= 0.3 is 0 Å². The molecule has 0 radical (unpaired) electrons. The van der Waals surface area contributed by atoms with E-state index in [1.54, 1.807) is 11.3 Å². The Hall–Kier alpha value is -1.36. The lowest BCUT2D eigenvalue weighted by Gasteiger charge is -2.10. The molecule has 1 fully saturated rings. The van der Waals surface area contributed by atoms with E-state index in [1.165, 1.54) is 0 Å². The minimum absolute atomic E-state index is 0.290. The minimum Gasteiger partial charge on any atom is -0.366 e. The van der Waals surface area contributed by atoms with Crippen molar-refractivity contribution >= 4 is 33.3 Å². The number of anilines is 2. The van der Waals surface area contributed by atoms with Gasteiger partial charge in [0.2, 0.25) is 5.95 Å². The Kier molecular flexibility index (Phi) is 2.94. The molecule has 0 bridgehead atoms. The lowest BCUT2D eigenvalue weighted by Crippen LogP contribution is -2.13. The van der Waals surface area contributed by atoms with E-state index < -0.39 is 0 Å². The van der Waals surface area contributed by atoms with Gasteiger partial charge < -0.3 is 10.6 Å². The highest BCUT2D eigenvalue weighted by molar-refractivity contribution is 7.16. The molecule has 5 heteroatoms. The van der Waals surface area contributed by atoms with Crippen LogP contribution in [-0.2, 0) is 0 Å². The Morgan fingerprint density at radius 1 is 1.20 bits per heavy atom. The van der Waals surface area contributed by atoms with E-state index in [-0.39, 0.29) is 0 Å². The van der Waals surface area contributed by atoms with E-state index in [0.717, 1.165) is 22.6 Å². The second-order valence-electron chi connectivity index (χ2n) is 6.59. The Morgan fingerprint density at radius 3 is 2.50 bits per heavy atom. The van der Waals surface area contributed by atoms with Crippen LogP contribution in [-0.4, -0.2) is 22.6 Å². The van der Waals surface area contributed by atoms with Crippen molar-refractivity contribution in [1.29, 1.82) is 0 Å². The van der Waals surface area contributed by atoms with Gasteiger partial charge in [0.05, 0.1) is 5.39 Å². The molecule has 1 aliphatic rings. The highest BCUT2D eigenvalue weighted by Crippen LogP contribution is 2.63. The van der Waals surface area contributed by atoms with Crippen molar-refractivity contribution in [1.82, 2.24) is 9.97 Å². The second kappa shape index (κ2) is 4.32. The number of nitrogens with one attached hydrogen (secondary N) is 2. The third kappa shape index (κ3) is 1.87. The number of hydrogen-bond acceptors (Lipinski definition) is 5. The predicted octanol–water partition coefficient (Wildman–Crippen LogP) is 3.97. The molecule has 0 atom stereocenters. The number of fused-ring (bicyclic) bond motifs is 1. The molecular formula is C15H22N4S. The van der Waals surface area contributed by atoms with Gasteiger partial charge in [-0.1, -0.05) is 27.7 Å². The van der Waals surface area contributed by atoms with Crippen molar-refractivity contribution in [3.05, 3.63) is 11.4 Å². The molecule has 0 aliphatic heterocycles. The Bertz CT molecular complexity index is 630. The van der Waals surface area contributed by atoms with Crippen molar-refractivity contribution in [2.75, 3.05) is 17.2 Å². The molecule has 3 rings (SSSR count). The number of nitrogens with zero attached hydrogens (tertiary/aromatic N) is 2. The molecule has 2 N–H and O–H groups in total. The normalized spacial score (nSPS) is 20.1. The summed E-state index contributed by atoms with van der Waals surface area (Å²) in [6, 6.07) is 2.54. The van der Waals surface area contributed by atoms with Gasteiger partial charge in [-0.2, -0.15) is 4.98 Å². The topological polar surface area (TPSA) is 49.8 Å². The molecule has 2 heterocycles. The van der Waals surface area contributed by atoms with Crippen LogP contribution in [0.3, 0.4) is 0 Å². The molecular weight excluding hydrogens is 268 g/mol. The molecule has 20 heavy (non-hydrogen) atoms. The molecule has 2 aromatic heterocycles. The first-order valence-corrected chi connectivity index (χ1v) is 8.01. The summed E-state index contributed by atoms with van der Waals surface area (Å²) < 4.78 is 0. The van der Waals surface area contributed by atoms with E-state index in [9.17, 15) is 0 Å². The summed E-state index contributed by atoms with van der Waals surface area (Å²) in [4.78, 5) is 10.2. The summed E-state index contributed by atoms with van der Waals surface area (Å²) in [5, 5.41) is 10.0. The van der Waals surface area contributed by atoms with Gasteiger partial charge in [-0.15, -0.1) is 11.3 Å². The van der Waals surface area contributed by atoms with Gasteiger partial charge in [0.1, 0.15) is 10.6 Å². The van der Waals surface area contributed by atoms with Crippen molar-refractivity contribution in [2.45, 2.75) is 40.7 Å². The monoisotopic (exact) mass is 290 g/mol. The smallest absolute Gasteiger partial charge is 0.226 e. The fourth-order valence-corrected chi connectivity index (χ4v) is 3.66. The molecule has 4 nitrogen and oxygen atoms in total. The molecule has 0 spiro atoms. The van der Waals surface area contributed by atoms with Crippen molar-refractivity contribution in [3.8, 4) is 0 Å². The fourth-order valence-electron chi connectivity index (χ4n) is 2.90. The zero-order chi connectivity index (χ0) is 14.5. The van der Waals surface area contributed by atoms with E-state index in [2.05, 4.69) is 66.7 Å². The van der Waals surface area contributed by atoms with Gasteiger partial charge in [0, 0.05) is 12.6 Å². The van der Waals surface area contributed by atoms with Crippen molar-refractivity contribution < 1.29 is 0 Å². The maximum absolute atomic E-state index is 4.65. The van der Waals surface area contributed by atoms with Crippen LogP contribution < -0.4 is 10.6 Å². The highest BCUT2D eigenvalue weighted by atomic mass is 32.1. The summed E-state index contributed by atoms with van der Waals surface area (Å²) in [7, 11) is 0. The number of hydrogen-bond donors (Lipinski definition) is 2. The minimum atomic E-state index is 0.290. The molecule has 0 aromatic carbocycles. The van der Waals surface area contributed by atoms with Crippen molar-refractivity contribution in [3.63, 3.8) is 0 Å². The van der Waals surface area contributed by atoms with Gasteiger partial charge in [0.15, 0.2) is 0 Å². The van der Waals surface area contributed by atoms with E-state index >= 15 is 0 Å². The summed E-state index contributed by atoms with van der Waals surface area (Å²) in [5.74, 6) is 1.66. The van der Waals surface area contributed by atoms with Crippen LogP contribution >= 0.6 is 11.3 Å². The standard InChI is InChI=1S/C15H22N4S/c1-6-16-13-18-10(9-7-8-20-11(9)19-13)17-12-14(2,3)15(12,4)5/h7-8,12H,6H2,1-5H3,(H2,16,17,18,19). The van der Waals surface area contributed by atoms with E-state index in [4.69, 9.17) is 0 Å². The lowest BCUT2D eigenvalue weighted by atomic mass is 10.0. The molecule has 0 saturated heterocycles. The summed E-state index contributed by atoms with van der Waals surface area (Å²) in [5.41, 5.74) is 0.581. The van der Waals surface area contributed by atoms with Crippen LogP contribution in [0.4, 0.5) is 11.8 Å².